The molecule has 0 bridgehead atoms. The lowest BCUT2D eigenvalue weighted by Crippen LogP contribution is -2.02. The quantitative estimate of drug-likeness (QED) is 0.539. The largest absolute Gasteiger partial charge is 0.0776 e. The Bertz CT molecular complexity index is 96.2. The van der Waals surface area contributed by atoms with Gasteiger partial charge >= 0.3 is 0 Å². The van der Waals surface area contributed by atoms with Gasteiger partial charge in [-0.15, -0.1) is 0 Å². The average Bonchev–Trinajstić information content (AvgIpc) is 2.37. The Hall–Kier alpha value is 0. The fraction of sp³-hybridized carbons (Fsp3) is 1.00. The molecule has 0 aliphatic heterocycles. The lowest BCUT2D eigenvalue weighted by atomic mass is 9.92. The molecule has 1 saturated carbocycles. The molecule has 0 nitrogen and oxygen atoms in total. The van der Waals surface area contributed by atoms with E-state index >= 15 is 0 Å². The third-order valence-corrected chi connectivity index (χ3v) is 3.22. The first-order valence-corrected chi connectivity index (χ1v) is 5.34. The van der Waals surface area contributed by atoms with Crippen LogP contribution in [-0.4, -0.2) is 0 Å². The molecule has 12 heavy (non-hydrogen) atoms. The van der Waals surface area contributed by atoms with Gasteiger partial charge in [0.15, 0.2) is 0 Å². The maximum absolute atomic E-state index is 2.43. The van der Waals surface area contributed by atoms with Crippen LogP contribution in [0.1, 0.15) is 66.2 Å². The predicted molar refractivity (Wildman–Crippen MR) is 57.4 cm³/mol. The van der Waals surface area contributed by atoms with Crippen molar-refractivity contribution in [3.63, 3.8) is 0 Å². The van der Waals surface area contributed by atoms with Crippen LogP contribution in [0.3, 0.4) is 0 Å². The summed E-state index contributed by atoms with van der Waals surface area (Å²) in [5.74, 6) is 2.12. The van der Waals surface area contributed by atoms with Crippen molar-refractivity contribution in [1.29, 1.82) is 0 Å². The smallest absolute Gasteiger partial charge is 0.0388 e. The first kappa shape index (κ1) is 12.0. The standard InChI is InChI=1S/C11H22.CH4/c1-3-4-5-8-11-9-6-7-10(11)2;/h10-11H,3-9H2,1-2H3;1H4. The van der Waals surface area contributed by atoms with E-state index in [1.165, 1.54) is 44.9 Å². The zero-order chi connectivity index (χ0) is 8.10. The van der Waals surface area contributed by atoms with Crippen molar-refractivity contribution in [2.45, 2.75) is 66.2 Å². The Labute approximate surface area is 78.8 Å². The van der Waals surface area contributed by atoms with E-state index < -0.39 is 0 Å². The van der Waals surface area contributed by atoms with Gasteiger partial charge in [-0.25, -0.2) is 0 Å². The Kier molecular flexibility index (Phi) is 6.51. The molecule has 1 fully saturated rings. The summed E-state index contributed by atoms with van der Waals surface area (Å²) < 4.78 is 0. The molecule has 0 N–H and O–H groups in total. The summed E-state index contributed by atoms with van der Waals surface area (Å²) in [6.45, 7) is 4.72. The molecular formula is C12H26. The Morgan fingerprint density at radius 3 is 2.42 bits per heavy atom. The van der Waals surface area contributed by atoms with E-state index in [9.17, 15) is 0 Å². The number of unbranched alkanes of at least 4 members (excludes halogenated alkanes) is 2. The van der Waals surface area contributed by atoms with E-state index in [0.717, 1.165) is 11.8 Å². The Morgan fingerprint density at radius 1 is 1.17 bits per heavy atom. The van der Waals surface area contributed by atoms with E-state index in [-0.39, 0.29) is 7.43 Å². The van der Waals surface area contributed by atoms with Crippen LogP contribution in [0.4, 0.5) is 0 Å². The first-order chi connectivity index (χ1) is 5.34. The van der Waals surface area contributed by atoms with E-state index in [2.05, 4.69) is 13.8 Å². The summed E-state index contributed by atoms with van der Waals surface area (Å²) in [4.78, 5) is 0. The highest BCUT2D eigenvalue weighted by molar-refractivity contribution is 4.73. The van der Waals surface area contributed by atoms with Crippen molar-refractivity contribution in [1.82, 2.24) is 0 Å². The third-order valence-electron chi connectivity index (χ3n) is 3.22. The summed E-state index contributed by atoms with van der Waals surface area (Å²) in [6.07, 6.45) is 10.3. The van der Waals surface area contributed by atoms with E-state index in [1.807, 2.05) is 0 Å². The molecule has 2 atom stereocenters. The molecule has 0 aromatic heterocycles. The predicted octanol–water partition coefficient (Wildman–Crippen LogP) is 4.64. The summed E-state index contributed by atoms with van der Waals surface area (Å²) in [5, 5.41) is 0. The molecule has 1 aliphatic carbocycles. The number of hydrogen-bond donors (Lipinski definition) is 0. The minimum Gasteiger partial charge on any atom is -0.0776 e. The monoisotopic (exact) mass is 170 g/mol. The van der Waals surface area contributed by atoms with Gasteiger partial charge in [0.05, 0.1) is 0 Å². The Balaban J connectivity index is 0.00000121. The number of rotatable bonds is 4. The van der Waals surface area contributed by atoms with E-state index in [1.54, 1.807) is 0 Å². The summed E-state index contributed by atoms with van der Waals surface area (Å²) in [7, 11) is 0. The van der Waals surface area contributed by atoms with Gasteiger partial charge in [0, 0.05) is 0 Å². The van der Waals surface area contributed by atoms with Gasteiger partial charge in [0.25, 0.3) is 0 Å². The second-order valence-electron chi connectivity index (χ2n) is 4.16. The first-order valence-electron chi connectivity index (χ1n) is 5.34. The highest BCUT2D eigenvalue weighted by Gasteiger charge is 2.21. The second kappa shape index (κ2) is 6.51. The number of hydrogen-bond acceptors (Lipinski definition) is 0. The molecule has 1 aliphatic rings. The summed E-state index contributed by atoms with van der Waals surface area (Å²) in [5.41, 5.74) is 0. The summed E-state index contributed by atoms with van der Waals surface area (Å²) >= 11 is 0. The highest BCUT2D eigenvalue weighted by Crippen LogP contribution is 2.34. The van der Waals surface area contributed by atoms with Gasteiger partial charge in [0.2, 0.25) is 0 Å². The zero-order valence-electron chi connectivity index (χ0n) is 8.10. The molecule has 0 heteroatoms. The SMILES string of the molecule is C.CCCCCC1CCCC1C. The van der Waals surface area contributed by atoms with Gasteiger partial charge in [0.1, 0.15) is 0 Å². The fourth-order valence-electron chi connectivity index (χ4n) is 2.31. The van der Waals surface area contributed by atoms with Gasteiger partial charge in [-0.05, 0) is 11.8 Å². The average molecular weight is 170 g/mol. The molecule has 0 amide bonds. The van der Waals surface area contributed by atoms with Crippen molar-refractivity contribution in [3.8, 4) is 0 Å². The molecule has 0 saturated heterocycles. The zero-order valence-corrected chi connectivity index (χ0v) is 8.10. The normalized spacial score (nSPS) is 28.5. The molecular weight excluding hydrogens is 144 g/mol. The lowest BCUT2D eigenvalue weighted by Gasteiger charge is -2.13. The molecule has 1 rings (SSSR count). The van der Waals surface area contributed by atoms with Crippen LogP contribution in [0, 0.1) is 11.8 Å². The summed E-state index contributed by atoms with van der Waals surface area (Å²) in [6, 6.07) is 0. The second-order valence-corrected chi connectivity index (χ2v) is 4.16. The minimum atomic E-state index is 0. The molecule has 2 unspecified atom stereocenters. The molecule has 74 valence electrons. The fourth-order valence-corrected chi connectivity index (χ4v) is 2.31. The van der Waals surface area contributed by atoms with E-state index in [4.69, 9.17) is 0 Å². The van der Waals surface area contributed by atoms with Gasteiger partial charge in [-0.1, -0.05) is 66.2 Å². The van der Waals surface area contributed by atoms with Crippen molar-refractivity contribution in [3.05, 3.63) is 0 Å². The van der Waals surface area contributed by atoms with E-state index in [0.29, 0.717) is 0 Å². The van der Waals surface area contributed by atoms with Crippen LogP contribution in [0.5, 0.6) is 0 Å². The third kappa shape index (κ3) is 3.60. The van der Waals surface area contributed by atoms with Crippen LogP contribution in [0.15, 0.2) is 0 Å². The highest BCUT2D eigenvalue weighted by atomic mass is 14.3. The maximum Gasteiger partial charge on any atom is -0.0388 e. The van der Waals surface area contributed by atoms with Crippen LogP contribution < -0.4 is 0 Å². The van der Waals surface area contributed by atoms with Crippen LogP contribution in [0.25, 0.3) is 0 Å². The molecule has 0 spiro atoms. The van der Waals surface area contributed by atoms with Crippen LogP contribution >= 0.6 is 0 Å². The van der Waals surface area contributed by atoms with Crippen molar-refractivity contribution < 1.29 is 0 Å². The molecule has 0 radical (unpaired) electrons. The van der Waals surface area contributed by atoms with Gasteiger partial charge in [-0.2, -0.15) is 0 Å². The molecule has 0 heterocycles. The van der Waals surface area contributed by atoms with Crippen molar-refractivity contribution in [2.75, 3.05) is 0 Å². The van der Waals surface area contributed by atoms with Crippen LogP contribution in [0.2, 0.25) is 0 Å². The van der Waals surface area contributed by atoms with Crippen molar-refractivity contribution in [2.24, 2.45) is 11.8 Å². The van der Waals surface area contributed by atoms with Gasteiger partial charge < -0.3 is 0 Å². The maximum atomic E-state index is 2.43. The lowest BCUT2D eigenvalue weighted by molar-refractivity contribution is 0.376. The van der Waals surface area contributed by atoms with Gasteiger partial charge in [-0.3, -0.25) is 0 Å². The Morgan fingerprint density at radius 2 is 1.92 bits per heavy atom. The topological polar surface area (TPSA) is 0 Å². The van der Waals surface area contributed by atoms with Crippen LogP contribution in [-0.2, 0) is 0 Å². The molecule has 0 aromatic carbocycles. The van der Waals surface area contributed by atoms with Crippen molar-refractivity contribution >= 4 is 0 Å². The minimum absolute atomic E-state index is 0. The molecule has 0 aromatic rings.